The molecule has 0 aromatic heterocycles. The van der Waals surface area contributed by atoms with Gasteiger partial charge < -0.3 is 5.11 Å². The first kappa shape index (κ1) is 20.4. The fourth-order valence-electron chi connectivity index (χ4n) is 2.41. The van der Waals surface area contributed by atoms with E-state index in [1.54, 1.807) is 19.1 Å². The van der Waals surface area contributed by atoms with Crippen LogP contribution in [0.4, 0.5) is 5.69 Å². The minimum Gasteiger partial charge on any atom is -0.480 e. The van der Waals surface area contributed by atoms with E-state index in [1.807, 2.05) is 6.26 Å². The third-order valence-electron chi connectivity index (χ3n) is 3.74. The smallest absolute Gasteiger partial charge is 0.326 e. The minimum absolute atomic E-state index is 0.0439. The number of aryl methyl sites for hydroxylation is 1. The number of thioether (sulfide) groups is 2. The van der Waals surface area contributed by atoms with Gasteiger partial charge in [0.15, 0.2) is 0 Å². The maximum Gasteiger partial charge on any atom is 0.326 e. The number of carbonyl (C=O) groups excluding carboxylic acids is 1. The Kier molecular flexibility index (Phi) is 6.79. The van der Waals surface area contributed by atoms with E-state index in [0.717, 1.165) is 16.7 Å². The number of hydrogen-bond donors (Lipinski definition) is 1. The van der Waals surface area contributed by atoms with Crippen molar-refractivity contribution in [3.8, 4) is 0 Å². The fourth-order valence-corrected chi connectivity index (χ4v) is 4.22. The van der Waals surface area contributed by atoms with Crippen molar-refractivity contribution >= 4 is 63.7 Å². The molecule has 7 nitrogen and oxygen atoms in total. The van der Waals surface area contributed by atoms with Crippen LogP contribution >= 0.6 is 35.7 Å². The summed E-state index contributed by atoms with van der Waals surface area (Å²) in [4.78, 5) is 36.1. The molecule has 138 valence electrons. The summed E-state index contributed by atoms with van der Waals surface area (Å²) in [5.74, 6) is -1.02. The summed E-state index contributed by atoms with van der Waals surface area (Å²) in [7, 11) is 0. The van der Waals surface area contributed by atoms with E-state index in [2.05, 4.69) is 0 Å². The predicted octanol–water partition coefficient (Wildman–Crippen LogP) is 3.31. The third-order valence-corrected chi connectivity index (χ3v) is 5.72. The number of nitrogens with zero attached hydrogens (tertiary/aromatic N) is 2. The SMILES string of the molecule is CSCC[C@@H](C(=O)O)N1C(=O)/C(=C\c2ccc(C)c([N+](=O)[O-])c2)SC1=S. The molecule has 1 aromatic carbocycles. The Balaban J connectivity index is 2.33. The van der Waals surface area contributed by atoms with E-state index in [0.29, 0.717) is 16.9 Å². The van der Waals surface area contributed by atoms with Crippen LogP contribution in [0.15, 0.2) is 23.1 Å². The second kappa shape index (κ2) is 8.65. The number of nitro groups is 1. The highest BCUT2D eigenvalue weighted by atomic mass is 32.2. The Morgan fingerprint density at radius 1 is 1.54 bits per heavy atom. The van der Waals surface area contributed by atoms with Gasteiger partial charge in [-0.2, -0.15) is 11.8 Å². The van der Waals surface area contributed by atoms with Gasteiger partial charge in [-0.05, 0) is 37.0 Å². The van der Waals surface area contributed by atoms with Crippen LogP contribution in [0.3, 0.4) is 0 Å². The summed E-state index contributed by atoms with van der Waals surface area (Å²) < 4.78 is 0.177. The summed E-state index contributed by atoms with van der Waals surface area (Å²) >= 11 is 7.68. The number of hydrogen-bond acceptors (Lipinski definition) is 7. The maximum absolute atomic E-state index is 12.7. The summed E-state index contributed by atoms with van der Waals surface area (Å²) in [5.41, 5.74) is 0.958. The van der Waals surface area contributed by atoms with Crippen molar-refractivity contribution in [1.29, 1.82) is 0 Å². The Bertz CT molecular complexity index is 809. The molecule has 10 heteroatoms. The average Bonchev–Trinajstić information content (AvgIpc) is 2.84. The number of carbonyl (C=O) groups is 2. The highest BCUT2D eigenvalue weighted by Crippen LogP contribution is 2.35. The molecule has 1 saturated heterocycles. The number of carboxylic acid groups (broad SMARTS) is 1. The molecular formula is C16H16N2O5S3. The lowest BCUT2D eigenvalue weighted by atomic mass is 10.1. The van der Waals surface area contributed by atoms with Crippen LogP contribution in [0, 0.1) is 17.0 Å². The highest BCUT2D eigenvalue weighted by molar-refractivity contribution is 8.26. The molecule has 0 aliphatic carbocycles. The molecular weight excluding hydrogens is 396 g/mol. The van der Waals surface area contributed by atoms with Gasteiger partial charge in [-0.25, -0.2) is 4.79 Å². The van der Waals surface area contributed by atoms with Crippen molar-refractivity contribution < 1.29 is 19.6 Å². The third kappa shape index (κ3) is 4.43. The average molecular weight is 413 g/mol. The van der Waals surface area contributed by atoms with Crippen LogP contribution < -0.4 is 0 Å². The zero-order chi connectivity index (χ0) is 19.4. The standard InChI is InChI=1S/C16H16N2O5S3/c1-9-3-4-10(7-12(9)18(22)23)8-13-14(19)17(16(24)26-13)11(15(20)21)5-6-25-2/h3-4,7-8,11H,5-6H2,1-2H3,(H,20,21)/b13-8+/t11-/m0/s1. The normalized spacial score (nSPS) is 17.0. The summed E-state index contributed by atoms with van der Waals surface area (Å²) in [5, 5.41) is 20.5. The number of rotatable bonds is 7. The van der Waals surface area contributed by atoms with Crippen molar-refractivity contribution in [2.24, 2.45) is 0 Å². The number of nitro benzene ring substituents is 1. The molecule has 2 rings (SSSR count). The lowest BCUT2D eigenvalue weighted by molar-refractivity contribution is -0.385. The number of thiocarbonyl (C=S) groups is 1. The molecule has 1 heterocycles. The quantitative estimate of drug-likeness (QED) is 0.315. The van der Waals surface area contributed by atoms with Gasteiger partial charge in [-0.15, -0.1) is 0 Å². The number of carboxylic acids is 1. The molecule has 1 fully saturated rings. The molecule has 0 unspecified atom stereocenters. The van der Waals surface area contributed by atoms with Crippen LogP contribution in [0.5, 0.6) is 0 Å². The first-order chi connectivity index (χ1) is 12.3. The van der Waals surface area contributed by atoms with Gasteiger partial charge >= 0.3 is 5.97 Å². The van der Waals surface area contributed by atoms with Gasteiger partial charge in [0, 0.05) is 11.6 Å². The van der Waals surface area contributed by atoms with Gasteiger partial charge in [0.05, 0.1) is 9.83 Å². The van der Waals surface area contributed by atoms with Crippen LogP contribution in [0.2, 0.25) is 0 Å². The van der Waals surface area contributed by atoms with Crippen LogP contribution in [-0.4, -0.2) is 49.2 Å². The summed E-state index contributed by atoms with van der Waals surface area (Å²) in [6, 6.07) is 3.62. The molecule has 0 radical (unpaired) electrons. The van der Waals surface area contributed by atoms with Gasteiger partial charge in [-0.3, -0.25) is 19.8 Å². The van der Waals surface area contributed by atoms with Gasteiger partial charge in [0.25, 0.3) is 11.6 Å². The molecule has 0 spiro atoms. The molecule has 1 aliphatic rings. The molecule has 1 amide bonds. The fraction of sp³-hybridized carbons (Fsp3) is 0.312. The molecule has 1 aliphatic heterocycles. The van der Waals surface area contributed by atoms with Crippen molar-refractivity contribution in [1.82, 2.24) is 4.90 Å². The Morgan fingerprint density at radius 3 is 2.81 bits per heavy atom. The van der Waals surface area contributed by atoms with Crippen molar-refractivity contribution in [2.45, 2.75) is 19.4 Å². The largest absolute Gasteiger partial charge is 0.480 e. The molecule has 26 heavy (non-hydrogen) atoms. The van der Waals surface area contributed by atoms with Crippen molar-refractivity contribution in [3.63, 3.8) is 0 Å². The van der Waals surface area contributed by atoms with Crippen molar-refractivity contribution in [2.75, 3.05) is 12.0 Å². The molecule has 1 aromatic rings. The van der Waals surface area contributed by atoms with E-state index in [4.69, 9.17) is 12.2 Å². The van der Waals surface area contributed by atoms with E-state index < -0.39 is 22.8 Å². The topological polar surface area (TPSA) is 101 Å². The monoisotopic (exact) mass is 412 g/mol. The van der Waals surface area contributed by atoms with Crippen LogP contribution in [-0.2, 0) is 9.59 Å². The van der Waals surface area contributed by atoms with Crippen LogP contribution in [0.1, 0.15) is 17.5 Å². The zero-order valence-electron chi connectivity index (χ0n) is 14.0. The lowest BCUT2D eigenvalue weighted by Crippen LogP contribution is -2.44. The second-order valence-electron chi connectivity index (χ2n) is 5.49. The van der Waals surface area contributed by atoms with Gasteiger partial charge in [-0.1, -0.05) is 36.1 Å². The zero-order valence-corrected chi connectivity index (χ0v) is 16.4. The molecule has 0 bridgehead atoms. The first-order valence-electron chi connectivity index (χ1n) is 7.50. The second-order valence-corrected chi connectivity index (χ2v) is 8.15. The molecule has 0 saturated carbocycles. The van der Waals surface area contributed by atoms with E-state index in [-0.39, 0.29) is 21.3 Å². The van der Waals surface area contributed by atoms with Gasteiger partial charge in [0.2, 0.25) is 0 Å². The Labute approximate surface area is 164 Å². The van der Waals surface area contributed by atoms with Gasteiger partial charge in [0.1, 0.15) is 10.4 Å². The number of amides is 1. The minimum atomic E-state index is -1.11. The lowest BCUT2D eigenvalue weighted by Gasteiger charge is -2.22. The predicted molar refractivity (Wildman–Crippen MR) is 107 cm³/mol. The van der Waals surface area contributed by atoms with E-state index in [1.165, 1.54) is 23.9 Å². The highest BCUT2D eigenvalue weighted by Gasteiger charge is 2.40. The maximum atomic E-state index is 12.7. The summed E-state index contributed by atoms with van der Waals surface area (Å²) in [6.45, 7) is 1.63. The Hall–Kier alpha value is -1.91. The number of aliphatic carboxylic acids is 1. The Morgan fingerprint density at radius 2 is 2.23 bits per heavy atom. The van der Waals surface area contributed by atoms with E-state index in [9.17, 15) is 24.8 Å². The molecule has 1 atom stereocenters. The van der Waals surface area contributed by atoms with Crippen molar-refractivity contribution in [3.05, 3.63) is 44.3 Å². The molecule has 1 N–H and O–H groups in total. The first-order valence-corrected chi connectivity index (χ1v) is 10.1. The van der Waals surface area contributed by atoms with E-state index >= 15 is 0 Å². The summed E-state index contributed by atoms with van der Waals surface area (Å²) in [6.07, 6.45) is 3.64. The van der Waals surface area contributed by atoms with Crippen LogP contribution in [0.25, 0.3) is 6.08 Å². The number of benzene rings is 1.